The summed E-state index contributed by atoms with van der Waals surface area (Å²) in [5.74, 6) is -0.380. The molecule has 1 aliphatic heterocycles. The first-order valence-electron chi connectivity index (χ1n) is 7.12. The van der Waals surface area contributed by atoms with Gasteiger partial charge in [0.2, 0.25) is 0 Å². The largest absolute Gasteiger partial charge is 0.469 e. The van der Waals surface area contributed by atoms with Crippen molar-refractivity contribution >= 4 is 5.97 Å². The first kappa shape index (κ1) is 14.5. The average molecular weight is 268 g/mol. The third-order valence-electron chi connectivity index (χ3n) is 4.31. The fourth-order valence-corrected chi connectivity index (χ4v) is 3.28. The van der Waals surface area contributed by atoms with Crippen molar-refractivity contribution in [3.05, 3.63) is 12.2 Å². The highest BCUT2D eigenvalue weighted by atomic mass is 16.7. The second kappa shape index (κ2) is 6.53. The first-order chi connectivity index (χ1) is 9.19. The van der Waals surface area contributed by atoms with Gasteiger partial charge in [0, 0.05) is 13.0 Å². The van der Waals surface area contributed by atoms with Crippen molar-refractivity contribution in [3.8, 4) is 0 Å². The Morgan fingerprint density at radius 1 is 1.26 bits per heavy atom. The van der Waals surface area contributed by atoms with Gasteiger partial charge in [-0.2, -0.15) is 0 Å². The Hall–Kier alpha value is -0.870. The fourth-order valence-electron chi connectivity index (χ4n) is 3.28. The lowest BCUT2D eigenvalue weighted by atomic mass is 9.81. The third kappa shape index (κ3) is 3.00. The number of hydrogen-bond donors (Lipinski definition) is 0. The van der Waals surface area contributed by atoms with Crippen molar-refractivity contribution in [2.45, 2.75) is 50.9 Å². The number of ether oxygens (including phenoxy) is 3. The van der Waals surface area contributed by atoms with Crippen LogP contribution in [0.2, 0.25) is 0 Å². The molecule has 0 amide bonds. The summed E-state index contributed by atoms with van der Waals surface area (Å²) in [6, 6.07) is 0. The maximum atomic E-state index is 12.1. The maximum absolute atomic E-state index is 12.1. The summed E-state index contributed by atoms with van der Waals surface area (Å²) >= 11 is 0. The van der Waals surface area contributed by atoms with Crippen LogP contribution in [0.25, 0.3) is 0 Å². The molecular weight excluding hydrogens is 244 g/mol. The smallest absolute Gasteiger partial charge is 0.312 e. The summed E-state index contributed by atoms with van der Waals surface area (Å²) in [7, 11) is 3.07. The van der Waals surface area contributed by atoms with E-state index in [2.05, 4.69) is 6.58 Å². The number of hydrogen-bond acceptors (Lipinski definition) is 4. The molecule has 1 saturated heterocycles. The molecule has 0 aromatic rings. The van der Waals surface area contributed by atoms with Gasteiger partial charge in [-0.15, -0.1) is 0 Å². The van der Waals surface area contributed by atoms with Crippen molar-refractivity contribution in [1.82, 2.24) is 0 Å². The first-order valence-corrected chi connectivity index (χ1v) is 7.12. The van der Waals surface area contributed by atoms with Gasteiger partial charge in [0.1, 0.15) is 0 Å². The summed E-state index contributed by atoms with van der Waals surface area (Å²) in [6.45, 7) is 4.11. The molecule has 1 saturated carbocycles. The van der Waals surface area contributed by atoms with Crippen LogP contribution < -0.4 is 0 Å². The Labute approximate surface area is 115 Å². The molecule has 1 heterocycles. The van der Waals surface area contributed by atoms with Crippen LogP contribution in [-0.4, -0.2) is 32.6 Å². The molecule has 19 heavy (non-hydrogen) atoms. The third-order valence-corrected chi connectivity index (χ3v) is 4.31. The number of methoxy groups -OCH3 is 2. The quantitative estimate of drug-likeness (QED) is 0.570. The van der Waals surface area contributed by atoms with Crippen LogP contribution in [0.4, 0.5) is 0 Å². The number of fused-ring (bicyclic) bond motifs is 2. The molecule has 2 aliphatic rings. The summed E-state index contributed by atoms with van der Waals surface area (Å²) in [5, 5.41) is 0. The number of carbonyl (C=O) groups excluding carboxylic acids is 1. The predicted octanol–water partition coefficient (Wildman–Crippen LogP) is 2.67. The van der Waals surface area contributed by atoms with E-state index in [1.165, 1.54) is 20.0 Å². The van der Waals surface area contributed by atoms with E-state index in [0.717, 1.165) is 31.3 Å². The van der Waals surface area contributed by atoms with Crippen molar-refractivity contribution in [3.63, 3.8) is 0 Å². The minimum atomic E-state index is -0.316. The van der Waals surface area contributed by atoms with Gasteiger partial charge in [0.05, 0.1) is 19.1 Å². The van der Waals surface area contributed by atoms with Gasteiger partial charge in [-0.05, 0) is 24.8 Å². The standard InChI is InChI=1S/C15H24O4/c1-10-8-6-4-5-7-9-11-12(14(16)17-2)13(10)19-15(11)18-3/h11-13,15H,1,4-9H2,2-3H3/t11-,12-,13+,15-/m0/s1. The van der Waals surface area contributed by atoms with Crippen LogP contribution in [-0.2, 0) is 19.0 Å². The van der Waals surface area contributed by atoms with E-state index in [0.29, 0.717) is 0 Å². The zero-order valence-corrected chi connectivity index (χ0v) is 11.9. The topological polar surface area (TPSA) is 44.8 Å². The highest BCUT2D eigenvalue weighted by molar-refractivity contribution is 5.74. The Balaban J connectivity index is 2.25. The van der Waals surface area contributed by atoms with Crippen LogP contribution in [0, 0.1) is 11.8 Å². The average Bonchev–Trinajstić information content (AvgIpc) is 2.78. The Bertz CT molecular complexity index is 339. The molecule has 2 fully saturated rings. The second-order valence-corrected chi connectivity index (χ2v) is 5.48. The minimum Gasteiger partial charge on any atom is -0.469 e. The number of esters is 1. The minimum absolute atomic E-state index is 0.0808. The maximum Gasteiger partial charge on any atom is 0.312 e. The lowest BCUT2D eigenvalue weighted by Gasteiger charge is -2.23. The molecule has 2 bridgehead atoms. The lowest BCUT2D eigenvalue weighted by Crippen LogP contribution is -2.32. The van der Waals surface area contributed by atoms with Gasteiger partial charge in [-0.1, -0.05) is 25.8 Å². The van der Waals surface area contributed by atoms with Gasteiger partial charge >= 0.3 is 5.97 Å². The van der Waals surface area contributed by atoms with E-state index in [9.17, 15) is 4.79 Å². The molecule has 0 radical (unpaired) electrons. The van der Waals surface area contributed by atoms with Gasteiger partial charge < -0.3 is 14.2 Å². The van der Waals surface area contributed by atoms with E-state index in [-0.39, 0.29) is 30.2 Å². The van der Waals surface area contributed by atoms with E-state index in [1.54, 1.807) is 7.11 Å². The van der Waals surface area contributed by atoms with E-state index < -0.39 is 0 Å². The molecule has 0 N–H and O–H groups in total. The molecule has 4 nitrogen and oxygen atoms in total. The molecule has 1 aliphatic carbocycles. The number of carbonyl (C=O) groups is 1. The van der Waals surface area contributed by atoms with Crippen molar-refractivity contribution < 1.29 is 19.0 Å². The second-order valence-electron chi connectivity index (χ2n) is 5.48. The van der Waals surface area contributed by atoms with Crippen LogP contribution in [0.5, 0.6) is 0 Å². The molecular formula is C15H24O4. The van der Waals surface area contributed by atoms with Gasteiger partial charge in [-0.3, -0.25) is 4.79 Å². The van der Waals surface area contributed by atoms with Gasteiger partial charge in [0.25, 0.3) is 0 Å². The molecule has 2 rings (SSSR count). The van der Waals surface area contributed by atoms with Crippen molar-refractivity contribution in [2.24, 2.45) is 11.8 Å². The SMILES string of the molecule is C=C1CCCCCC[C@@H]2[C@@H](OC)O[C@H]1[C@H]2C(=O)OC. The normalized spacial score (nSPS) is 36.0. The highest BCUT2D eigenvalue weighted by Crippen LogP contribution is 2.41. The molecule has 0 aromatic heterocycles. The van der Waals surface area contributed by atoms with Gasteiger partial charge in [0.15, 0.2) is 6.29 Å². The highest BCUT2D eigenvalue weighted by Gasteiger charge is 2.49. The van der Waals surface area contributed by atoms with Crippen LogP contribution in [0.1, 0.15) is 38.5 Å². The fraction of sp³-hybridized carbons (Fsp3) is 0.800. The Morgan fingerprint density at radius 3 is 2.68 bits per heavy atom. The van der Waals surface area contributed by atoms with Crippen LogP contribution in [0.3, 0.4) is 0 Å². The predicted molar refractivity (Wildman–Crippen MR) is 71.5 cm³/mol. The summed E-state index contributed by atoms with van der Waals surface area (Å²) < 4.78 is 16.3. The monoisotopic (exact) mass is 268 g/mol. The lowest BCUT2D eigenvalue weighted by molar-refractivity contribution is -0.148. The van der Waals surface area contributed by atoms with E-state index >= 15 is 0 Å². The molecule has 0 unspecified atom stereocenters. The van der Waals surface area contributed by atoms with Crippen LogP contribution in [0.15, 0.2) is 12.2 Å². The zero-order chi connectivity index (χ0) is 13.8. The molecule has 4 heteroatoms. The summed E-state index contributed by atoms with van der Waals surface area (Å²) in [4.78, 5) is 12.1. The molecule has 0 spiro atoms. The molecule has 0 aromatic carbocycles. The van der Waals surface area contributed by atoms with E-state index in [1.807, 2.05) is 0 Å². The number of rotatable bonds is 2. The van der Waals surface area contributed by atoms with E-state index in [4.69, 9.17) is 14.2 Å². The molecule has 4 atom stereocenters. The Morgan fingerprint density at radius 2 is 2.00 bits per heavy atom. The van der Waals surface area contributed by atoms with Gasteiger partial charge in [-0.25, -0.2) is 0 Å². The molecule has 108 valence electrons. The Kier molecular flexibility index (Phi) is 4.99. The summed E-state index contributed by atoms with van der Waals surface area (Å²) in [6.07, 6.45) is 5.95. The zero-order valence-electron chi connectivity index (χ0n) is 11.9. The summed E-state index contributed by atoms with van der Waals surface area (Å²) in [5.41, 5.74) is 1.00. The van der Waals surface area contributed by atoms with Crippen molar-refractivity contribution in [2.75, 3.05) is 14.2 Å². The van der Waals surface area contributed by atoms with Crippen LogP contribution >= 0.6 is 0 Å². The van der Waals surface area contributed by atoms with Crippen molar-refractivity contribution in [1.29, 1.82) is 0 Å².